The second kappa shape index (κ2) is 11.8. The van der Waals surface area contributed by atoms with Crippen molar-refractivity contribution in [2.75, 3.05) is 19.9 Å². The quantitative estimate of drug-likeness (QED) is 0.167. The van der Waals surface area contributed by atoms with Crippen molar-refractivity contribution < 1.29 is 14.9 Å². The molecule has 0 amide bonds. The first-order chi connectivity index (χ1) is 20.3. The molecule has 236 valence electrons. The molecule has 0 aromatic rings. The summed E-state index contributed by atoms with van der Waals surface area (Å²) in [5, 5.41) is 49.5. The van der Waals surface area contributed by atoms with Crippen LogP contribution in [0.5, 0.6) is 0 Å². The lowest BCUT2D eigenvalue weighted by atomic mass is 9.75. The van der Waals surface area contributed by atoms with E-state index < -0.39 is 24.5 Å². The van der Waals surface area contributed by atoms with Gasteiger partial charge >= 0.3 is 0 Å². The second-order valence-corrected chi connectivity index (χ2v) is 14.7. The Morgan fingerprint density at radius 3 is 2.57 bits per heavy atom. The fraction of sp³-hybridized carbons (Fsp3) is 0.967. The summed E-state index contributed by atoms with van der Waals surface area (Å²) in [6.07, 6.45) is 7.72. The van der Waals surface area contributed by atoms with Gasteiger partial charge in [-0.15, -0.1) is 0 Å². The second-order valence-electron chi connectivity index (χ2n) is 14.7. The Labute approximate surface area is 250 Å². The summed E-state index contributed by atoms with van der Waals surface area (Å²) in [7, 11) is 0. The lowest BCUT2D eigenvalue weighted by molar-refractivity contribution is -0.112. The van der Waals surface area contributed by atoms with Gasteiger partial charge in [-0.1, -0.05) is 0 Å². The molecule has 7 fully saturated rings. The van der Waals surface area contributed by atoms with Gasteiger partial charge in [-0.05, 0) is 83.5 Å². The van der Waals surface area contributed by atoms with Gasteiger partial charge in [0, 0.05) is 37.4 Å². The Kier molecular flexibility index (Phi) is 8.33. The van der Waals surface area contributed by atoms with Crippen LogP contribution in [0.1, 0.15) is 71.6 Å². The zero-order valence-corrected chi connectivity index (χ0v) is 25.3. The summed E-state index contributed by atoms with van der Waals surface area (Å²) < 4.78 is 6.39. The monoisotopic (exact) mass is 587 g/mol. The van der Waals surface area contributed by atoms with E-state index in [0.29, 0.717) is 56.1 Å². The first-order valence-electron chi connectivity index (χ1n) is 16.7. The highest BCUT2D eigenvalue weighted by molar-refractivity contribution is 5.16. The van der Waals surface area contributed by atoms with E-state index in [1.807, 2.05) is 0 Å². The van der Waals surface area contributed by atoms with E-state index in [-0.39, 0.29) is 23.8 Å². The maximum Gasteiger partial charge on any atom is 0.142 e. The molecule has 4 aliphatic heterocycles. The van der Waals surface area contributed by atoms with Gasteiger partial charge in [0.25, 0.3) is 0 Å². The van der Waals surface area contributed by atoms with Crippen LogP contribution < -0.4 is 32.3 Å². The molecular weight excluding hydrogens is 534 g/mol. The van der Waals surface area contributed by atoms with Crippen LogP contribution in [0.15, 0.2) is 0 Å². The number of nitrogens with one attached hydrogen (secondary N) is 5. The number of aliphatic hydroxyl groups excluding tert-OH is 2. The third kappa shape index (κ3) is 5.43. The third-order valence-corrected chi connectivity index (χ3v) is 12.0. The molecule has 4 heterocycles. The van der Waals surface area contributed by atoms with Crippen molar-refractivity contribution in [3.05, 3.63) is 0 Å². The molecule has 7 rings (SSSR count). The van der Waals surface area contributed by atoms with Crippen molar-refractivity contribution in [3.63, 3.8) is 0 Å². The minimum Gasteiger partial charge on any atom is -0.387 e. The van der Waals surface area contributed by atoms with Crippen molar-refractivity contribution in [1.82, 2.24) is 36.4 Å². The first kappa shape index (κ1) is 29.7. The predicted octanol–water partition coefficient (Wildman–Crippen LogP) is -0.945. The summed E-state index contributed by atoms with van der Waals surface area (Å²) in [6, 6.07) is 4.56. The van der Waals surface area contributed by atoms with E-state index in [1.165, 1.54) is 32.1 Å². The molecule has 42 heavy (non-hydrogen) atoms. The van der Waals surface area contributed by atoms with Gasteiger partial charge in [0.1, 0.15) is 24.5 Å². The fourth-order valence-corrected chi connectivity index (χ4v) is 9.14. The summed E-state index contributed by atoms with van der Waals surface area (Å²) >= 11 is 0. The van der Waals surface area contributed by atoms with Crippen LogP contribution in [0.25, 0.3) is 0 Å². The molecule has 0 spiro atoms. The van der Waals surface area contributed by atoms with Crippen molar-refractivity contribution in [2.24, 2.45) is 23.0 Å². The van der Waals surface area contributed by atoms with E-state index in [9.17, 15) is 15.5 Å². The smallest absolute Gasteiger partial charge is 0.142 e. The zero-order chi connectivity index (χ0) is 29.2. The van der Waals surface area contributed by atoms with Gasteiger partial charge in [0.05, 0.1) is 42.7 Å². The van der Waals surface area contributed by atoms with E-state index in [2.05, 4.69) is 56.3 Å². The maximum absolute atomic E-state index is 11.0. The van der Waals surface area contributed by atoms with Gasteiger partial charge in [-0.2, -0.15) is 5.26 Å². The van der Waals surface area contributed by atoms with Gasteiger partial charge in [-0.3, -0.25) is 31.5 Å². The van der Waals surface area contributed by atoms with Crippen LogP contribution >= 0.6 is 0 Å². The number of fused-ring (bicyclic) bond motifs is 2. The van der Waals surface area contributed by atoms with Crippen molar-refractivity contribution >= 4 is 0 Å². The summed E-state index contributed by atoms with van der Waals surface area (Å²) in [5.74, 6) is 1.30. The third-order valence-electron chi connectivity index (χ3n) is 12.0. The molecule has 7 unspecified atom stereocenters. The van der Waals surface area contributed by atoms with Crippen LogP contribution in [0.3, 0.4) is 0 Å². The molecule has 12 heteroatoms. The molecule has 9 N–H and O–H groups in total. The fourth-order valence-electron chi connectivity index (χ4n) is 9.14. The minimum atomic E-state index is -0.966. The summed E-state index contributed by atoms with van der Waals surface area (Å²) in [4.78, 5) is 4.54. The standard InChI is InChI=1S/C30H53N9O3/c1-16(2)38(12-22-25(40)26(41)29(42-22)39-15-35-24-27(32)33-14-34-28(24)39)19-9-17(10-19)3-6-23-36-20-5-4-18(11-21(20)37-23)30(13-31)7-8-30/h16-29,33-37,40-41H,3-12,14-15,32H2,1-2H3/t17?,18?,19?,20?,21?,22-,23?,24?,25-,26-,27?,28?,29-/m1/s1. The summed E-state index contributed by atoms with van der Waals surface area (Å²) in [5.41, 5.74) is 6.23. The Morgan fingerprint density at radius 2 is 1.83 bits per heavy atom. The number of nitrogens with two attached hydrogens (primary N) is 1. The number of aliphatic hydroxyl groups is 2. The van der Waals surface area contributed by atoms with Crippen molar-refractivity contribution in [3.8, 4) is 6.07 Å². The number of rotatable bonds is 9. The van der Waals surface area contributed by atoms with Gasteiger partial charge in [0.15, 0.2) is 0 Å². The number of ether oxygens (including phenoxy) is 1. The molecule has 0 bridgehead atoms. The molecular formula is C30H53N9O3. The van der Waals surface area contributed by atoms with Crippen molar-refractivity contribution in [1.29, 1.82) is 5.26 Å². The van der Waals surface area contributed by atoms with Crippen LogP contribution in [-0.2, 0) is 4.74 Å². The van der Waals surface area contributed by atoms with Crippen LogP contribution in [0.4, 0.5) is 0 Å². The molecule has 12 nitrogen and oxygen atoms in total. The van der Waals surface area contributed by atoms with E-state index >= 15 is 0 Å². The Morgan fingerprint density at radius 1 is 1.05 bits per heavy atom. The highest BCUT2D eigenvalue weighted by Gasteiger charge is 2.54. The molecule has 3 aliphatic carbocycles. The van der Waals surface area contributed by atoms with E-state index in [0.717, 1.165) is 31.6 Å². The molecule has 11 atom stereocenters. The van der Waals surface area contributed by atoms with E-state index in [1.54, 1.807) is 0 Å². The molecule has 4 saturated heterocycles. The highest BCUT2D eigenvalue weighted by atomic mass is 16.6. The zero-order valence-electron chi connectivity index (χ0n) is 25.3. The maximum atomic E-state index is 11.0. The number of hydrogen-bond donors (Lipinski definition) is 8. The van der Waals surface area contributed by atoms with E-state index in [4.69, 9.17) is 10.5 Å². The van der Waals surface area contributed by atoms with Crippen molar-refractivity contribution in [2.45, 2.75) is 145 Å². The Balaban J connectivity index is 0.872. The van der Waals surface area contributed by atoms with Gasteiger partial charge < -0.3 is 20.7 Å². The normalized spacial score (nSPS) is 48.2. The minimum absolute atomic E-state index is 0.000551. The predicted molar refractivity (Wildman–Crippen MR) is 157 cm³/mol. The van der Waals surface area contributed by atoms with Crippen LogP contribution in [-0.4, -0.2) is 113 Å². The van der Waals surface area contributed by atoms with Crippen LogP contribution in [0.2, 0.25) is 0 Å². The number of nitriles is 1. The summed E-state index contributed by atoms with van der Waals surface area (Å²) in [6.45, 7) is 6.20. The highest BCUT2D eigenvalue weighted by Crippen LogP contribution is 2.56. The topological polar surface area (TPSA) is 166 Å². The molecule has 7 aliphatic rings. The van der Waals surface area contributed by atoms with Gasteiger partial charge in [0.2, 0.25) is 0 Å². The number of nitrogens with zero attached hydrogens (tertiary/aromatic N) is 3. The lowest BCUT2D eigenvalue weighted by Crippen LogP contribution is -2.68. The molecule has 0 aromatic carbocycles. The Hall–Kier alpha value is -0.950. The average Bonchev–Trinajstić information content (AvgIpc) is 3.33. The first-order valence-corrected chi connectivity index (χ1v) is 16.7. The van der Waals surface area contributed by atoms with Gasteiger partial charge in [-0.25, -0.2) is 4.90 Å². The lowest BCUT2D eigenvalue weighted by Gasteiger charge is -2.46. The largest absolute Gasteiger partial charge is 0.387 e. The SMILES string of the molecule is CC(C)N(C[C@H]1O[C@@H](N2CNC3C(N)NCNC32)[C@H](O)[C@@H]1O)C1CC(CCC2NC3CCC(C4(C#N)CC4)CC3N2)C1. The Bertz CT molecular complexity index is 1000. The van der Waals surface area contributed by atoms with Crippen LogP contribution in [0, 0.1) is 28.6 Å². The molecule has 0 radical (unpaired) electrons. The average molecular weight is 588 g/mol. The number of hydrogen-bond acceptors (Lipinski definition) is 12. The molecule has 0 aromatic heterocycles. The molecule has 3 saturated carbocycles.